The fourth-order valence-electron chi connectivity index (χ4n) is 3.94. The minimum atomic E-state index is -0.584. The quantitative estimate of drug-likeness (QED) is 0.283. The summed E-state index contributed by atoms with van der Waals surface area (Å²) in [5, 5.41) is 0.653. The average Bonchev–Trinajstić information content (AvgIpc) is 3.37. The first-order valence-electron chi connectivity index (χ1n) is 10.7. The van der Waals surface area contributed by atoms with Gasteiger partial charge in [-0.1, -0.05) is 18.2 Å². The number of esters is 1. The number of pyridine rings is 1. The van der Waals surface area contributed by atoms with Gasteiger partial charge in [-0.2, -0.15) is 0 Å². The van der Waals surface area contributed by atoms with Crippen molar-refractivity contribution in [2.75, 3.05) is 20.3 Å². The van der Waals surface area contributed by atoms with Crippen molar-refractivity contribution in [1.82, 2.24) is 9.55 Å². The molecule has 3 aromatic heterocycles. The van der Waals surface area contributed by atoms with Gasteiger partial charge in [-0.3, -0.25) is 4.79 Å². The molecule has 0 unspecified atom stereocenters. The summed E-state index contributed by atoms with van der Waals surface area (Å²) in [5.41, 5.74) is 3.84. The average molecular weight is 447 g/mol. The van der Waals surface area contributed by atoms with E-state index in [1.165, 1.54) is 0 Å². The molecule has 0 atom stereocenters. The molecular formula is C26H26N2O5. The number of aromatic nitrogens is 2. The fraction of sp³-hybridized carbons (Fsp3) is 0.269. The smallest absolute Gasteiger partial charge is 0.339 e. The van der Waals surface area contributed by atoms with Crippen LogP contribution in [0.25, 0.3) is 22.4 Å². The third-order valence-corrected chi connectivity index (χ3v) is 5.66. The molecule has 0 saturated carbocycles. The zero-order valence-corrected chi connectivity index (χ0v) is 19.2. The van der Waals surface area contributed by atoms with Crippen LogP contribution < -0.4 is 0 Å². The monoisotopic (exact) mass is 446 g/mol. The molecule has 0 saturated heterocycles. The molecule has 0 radical (unpaired) electrons. The molecule has 0 aliphatic rings. The Morgan fingerprint density at radius 1 is 1.03 bits per heavy atom. The number of aryl methyl sites for hydroxylation is 2. The van der Waals surface area contributed by atoms with Crippen LogP contribution in [0.15, 0.2) is 52.9 Å². The summed E-state index contributed by atoms with van der Waals surface area (Å²) in [4.78, 5) is 30.5. The number of Topliss-reactive ketones (excluding diaryl/α,β-unsaturated/α-hetero) is 1. The number of methoxy groups -OCH3 is 1. The van der Waals surface area contributed by atoms with Crippen LogP contribution in [0, 0.1) is 20.8 Å². The maximum absolute atomic E-state index is 13.0. The van der Waals surface area contributed by atoms with Crippen molar-refractivity contribution < 1.29 is 23.5 Å². The summed E-state index contributed by atoms with van der Waals surface area (Å²) < 4.78 is 18.3. The van der Waals surface area contributed by atoms with Gasteiger partial charge >= 0.3 is 5.97 Å². The molecule has 0 aliphatic carbocycles. The van der Waals surface area contributed by atoms with Gasteiger partial charge in [-0.25, -0.2) is 9.78 Å². The Labute approximate surface area is 191 Å². The number of benzene rings is 1. The lowest BCUT2D eigenvalue weighted by molar-refractivity contribution is 0.0476. The summed E-state index contributed by atoms with van der Waals surface area (Å²) in [7, 11) is 1.64. The van der Waals surface area contributed by atoms with Crippen molar-refractivity contribution >= 4 is 22.7 Å². The van der Waals surface area contributed by atoms with Crippen molar-refractivity contribution in [3.05, 3.63) is 76.8 Å². The highest BCUT2D eigenvalue weighted by Gasteiger charge is 2.20. The van der Waals surface area contributed by atoms with Gasteiger partial charge in [-0.05, 0) is 51.1 Å². The van der Waals surface area contributed by atoms with E-state index < -0.39 is 5.97 Å². The van der Waals surface area contributed by atoms with E-state index in [0.29, 0.717) is 46.6 Å². The van der Waals surface area contributed by atoms with E-state index in [1.54, 1.807) is 19.2 Å². The highest BCUT2D eigenvalue weighted by atomic mass is 16.5. The lowest BCUT2D eigenvalue weighted by Gasteiger charge is -2.10. The van der Waals surface area contributed by atoms with Gasteiger partial charge in [0.05, 0.1) is 17.7 Å². The molecule has 1 aromatic carbocycles. The number of nitrogens with zero attached hydrogens (tertiary/aromatic N) is 2. The Morgan fingerprint density at radius 2 is 1.82 bits per heavy atom. The largest absolute Gasteiger partial charge is 0.460 e. The number of para-hydroxylation sites is 1. The summed E-state index contributed by atoms with van der Waals surface area (Å²) in [6, 6.07) is 14.4. The highest BCUT2D eigenvalue weighted by Crippen LogP contribution is 2.27. The van der Waals surface area contributed by atoms with E-state index in [1.807, 2.05) is 61.7 Å². The third kappa shape index (κ3) is 4.59. The van der Waals surface area contributed by atoms with Crippen molar-refractivity contribution in [1.29, 1.82) is 0 Å². The van der Waals surface area contributed by atoms with E-state index in [4.69, 9.17) is 13.9 Å². The van der Waals surface area contributed by atoms with Crippen molar-refractivity contribution in [3.8, 4) is 11.5 Å². The SMILES string of the molecule is COCCn1c(C)cc(C(=O)COC(=O)c2cc(-c3ccc(C)o3)nc3ccccc23)c1C. The number of rotatable bonds is 8. The first-order chi connectivity index (χ1) is 15.9. The summed E-state index contributed by atoms with van der Waals surface area (Å²) in [5.74, 6) is 0.477. The van der Waals surface area contributed by atoms with E-state index in [2.05, 4.69) is 4.98 Å². The van der Waals surface area contributed by atoms with Crippen LogP contribution in [0.4, 0.5) is 0 Å². The van der Waals surface area contributed by atoms with Gasteiger partial charge in [0.1, 0.15) is 11.5 Å². The summed E-state index contributed by atoms with van der Waals surface area (Å²) >= 11 is 0. The van der Waals surface area contributed by atoms with Gasteiger partial charge in [0.2, 0.25) is 5.78 Å². The summed E-state index contributed by atoms with van der Waals surface area (Å²) in [6.07, 6.45) is 0. The van der Waals surface area contributed by atoms with Crippen LogP contribution >= 0.6 is 0 Å². The Kier molecular flexibility index (Phi) is 6.42. The maximum atomic E-state index is 13.0. The normalized spacial score (nSPS) is 11.2. The first-order valence-corrected chi connectivity index (χ1v) is 10.7. The van der Waals surface area contributed by atoms with Crippen LogP contribution in [-0.2, 0) is 16.0 Å². The van der Waals surface area contributed by atoms with Gasteiger partial charge in [0, 0.05) is 36.0 Å². The Balaban J connectivity index is 1.58. The predicted molar refractivity (Wildman–Crippen MR) is 125 cm³/mol. The highest BCUT2D eigenvalue weighted by molar-refractivity contribution is 6.06. The second-order valence-corrected chi connectivity index (χ2v) is 7.91. The minimum absolute atomic E-state index is 0.250. The fourth-order valence-corrected chi connectivity index (χ4v) is 3.94. The van der Waals surface area contributed by atoms with Crippen LogP contribution in [0.5, 0.6) is 0 Å². The number of fused-ring (bicyclic) bond motifs is 1. The molecule has 3 heterocycles. The van der Waals surface area contributed by atoms with Crippen LogP contribution in [0.2, 0.25) is 0 Å². The topological polar surface area (TPSA) is 83.6 Å². The Hall–Kier alpha value is -3.71. The Bertz CT molecular complexity index is 1330. The molecule has 7 nitrogen and oxygen atoms in total. The number of furan rings is 1. The number of carbonyl (C=O) groups is 2. The molecule has 170 valence electrons. The third-order valence-electron chi connectivity index (χ3n) is 5.66. The molecule has 0 N–H and O–H groups in total. The number of ether oxygens (including phenoxy) is 2. The molecule has 0 spiro atoms. The number of hydrogen-bond donors (Lipinski definition) is 0. The van der Waals surface area contributed by atoms with Crippen molar-refractivity contribution in [2.45, 2.75) is 27.3 Å². The molecule has 7 heteroatoms. The molecule has 4 aromatic rings. The zero-order chi connectivity index (χ0) is 23.5. The van der Waals surface area contributed by atoms with E-state index in [9.17, 15) is 9.59 Å². The zero-order valence-electron chi connectivity index (χ0n) is 19.2. The lowest BCUT2D eigenvalue weighted by atomic mass is 10.1. The molecule has 0 amide bonds. The standard InChI is InChI=1S/C26H26N2O5/c1-16-13-20(18(3)28(16)11-12-31-4)24(29)15-32-26(30)21-14-23(25-10-9-17(2)33-25)27-22-8-6-5-7-19(21)22/h5-10,13-14H,11-12,15H2,1-4H3. The minimum Gasteiger partial charge on any atom is -0.460 e. The van der Waals surface area contributed by atoms with Gasteiger partial charge in [0.25, 0.3) is 0 Å². The predicted octanol–water partition coefficient (Wildman–Crippen LogP) is 4.91. The van der Waals surface area contributed by atoms with Crippen LogP contribution in [0.1, 0.15) is 37.9 Å². The number of carbonyl (C=O) groups excluding carboxylic acids is 2. The molecule has 0 aliphatic heterocycles. The van der Waals surface area contributed by atoms with Gasteiger partial charge < -0.3 is 18.5 Å². The van der Waals surface area contributed by atoms with E-state index >= 15 is 0 Å². The lowest BCUT2D eigenvalue weighted by Crippen LogP contribution is -2.16. The van der Waals surface area contributed by atoms with Crippen molar-refractivity contribution in [2.24, 2.45) is 0 Å². The van der Waals surface area contributed by atoms with Crippen molar-refractivity contribution in [3.63, 3.8) is 0 Å². The summed E-state index contributed by atoms with van der Waals surface area (Å²) in [6.45, 7) is 6.51. The molecular weight excluding hydrogens is 420 g/mol. The van der Waals surface area contributed by atoms with Crippen LogP contribution in [-0.4, -0.2) is 41.6 Å². The number of ketones is 1. The molecule has 4 rings (SSSR count). The number of hydrogen-bond acceptors (Lipinski definition) is 6. The molecule has 33 heavy (non-hydrogen) atoms. The van der Waals surface area contributed by atoms with E-state index in [0.717, 1.165) is 17.1 Å². The second-order valence-electron chi connectivity index (χ2n) is 7.91. The maximum Gasteiger partial charge on any atom is 0.339 e. The van der Waals surface area contributed by atoms with Gasteiger partial charge in [0.15, 0.2) is 12.4 Å². The van der Waals surface area contributed by atoms with Crippen LogP contribution in [0.3, 0.4) is 0 Å². The second kappa shape index (κ2) is 9.42. The molecule has 0 bridgehead atoms. The molecule has 0 fully saturated rings. The van der Waals surface area contributed by atoms with Gasteiger partial charge in [-0.15, -0.1) is 0 Å². The van der Waals surface area contributed by atoms with E-state index in [-0.39, 0.29) is 12.4 Å². The first kappa shape index (κ1) is 22.5. The Morgan fingerprint density at radius 3 is 2.55 bits per heavy atom.